The maximum atomic E-state index is 12.0. The molecule has 1 heterocycles. The Morgan fingerprint density at radius 2 is 1.47 bits per heavy atom. The van der Waals surface area contributed by atoms with E-state index in [2.05, 4.69) is 50.0 Å². The van der Waals surface area contributed by atoms with Crippen LogP contribution in [0.1, 0.15) is 32.4 Å². The lowest BCUT2D eigenvalue weighted by atomic mass is 10.2. The number of halogens is 1. The van der Waals surface area contributed by atoms with Gasteiger partial charge in [0.05, 0.1) is 12.9 Å². The standard InChI is InChI=1S/C24H28ClNO4SSi/c1-24(2,3)32(20-11-7-5-8-12-20,21-13-9-6-10-14-21)29-18-22(30-31(4,27)28)19-15-16-23(25)26-17-19/h5-17,22H,18H2,1-4H3. The Labute approximate surface area is 196 Å². The van der Waals surface area contributed by atoms with Crippen LogP contribution in [0.25, 0.3) is 0 Å². The highest BCUT2D eigenvalue weighted by molar-refractivity contribution is 7.86. The van der Waals surface area contributed by atoms with Gasteiger partial charge in [0.1, 0.15) is 11.3 Å². The van der Waals surface area contributed by atoms with Crippen LogP contribution < -0.4 is 10.4 Å². The van der Waals surface area contributed by atoms with Crippen molar-refractivity contribution in [2.75, 3.05) is 12.9 Å². The van der Waals surface area contributed by atoms with E-state index < -0.39 is 24.5 Å². The van der Waals surface area contributed by atoms with Gasteiger partial charge in [-0.3, -0.25) is 4.18 Å². The van der Waals surface area contributed by atoms with E-state index in [0.29, 0.717) is 10.7 Å². The molecular formula is C24H28ClNO4SSi. The zero-order chi connectivity index (χ0) is 23.4. The molecule has 0 bridgehead atoms. The van der Waals surface area contributed by atoms with Crippen LogP contribution in [0.3, 0.4) is 0 Å². The first kappa shape index (κ1) is 24.6. The average molecular weight is 490 g/mol. The number of rotatable bonds is 8. The zero-order valence-electron chi connectivity index (χ0n) is 18.7. The van der Waals surface area contributed by atoms with Crippen molar-refractivity contribution >= 4 is 40.4 Å². The predicted octanol–water partition coefficient (Wildman–Crippen LogP) is 4.33. The normalized spacial score (nSPS) is 13.7. The van der Waals surface area contributed by atoms with Crippen LogP contribution in [-0.2, 0) is 18.7 Å². The van der Waals surface area contributed by atoms with Gasteiger partial charge >= 0.3 is 0 Å². The Balaban J connectivity index is 2.10. The zero-order valence-corrected chi connectivity index (χ0v) is 21.2. The molecule has 0 saturated heterocycles. The van der Waals surface area contributed by atoms with Crippen molar-refractivity contribution in [1.82, 2.24) is 4.98 Å². The number of hydrogen-bond acceptors (Lipinski definition) is 5. The summed E-state index contributed by atoms with van der Waals surface area (Å²) in [5.74, 6) is 0. The molecule has 0 fully saturated rings. The van der Waals surface area contributed by atoms with Gasteiger partial charge in [0.2, 0.25) is 0 Å². The van der Waals surface area contributed by atoms with Gasteiger partial charge in [-0.05, 0) is 21.5 Å². The molecule has 0 N–H and O–H groups in total. The second kappa shape index (κ2) is 9.85. The van der Waals surface area contributed by atoms with Crippen molar-refractivity contribution in [2.24, 2.45) is 0 Å². The first-order valence-corrected chi connectivity index (χ1v) is 14.4. The largest absolute Gasteiger partial charge is 0.404 e. The molecule has 5 nitrogen and oxygen atoms in total. The molecule has 170 valence electrons. The van der Waals surface area contributed by atoms with E-state index in [0.717, 1.165) is 16.6 Å². The van der Waals surface area contributed by atoms with Crippen LogP contribution in [0.2, 0.25) is 10.2 Å². The van der Waals surface area contributed by atoms with Crippen molar-refractivity contribution in [2.45, 2.75) is 31.9 Å². The van der Waals surface area contributed by atoms with Crippen molar-refractivity contribution in [3.63, 3.8) is 0 Å². The molecular weight excluding hydrogens is 462 g/mol. The van der Waals surface area contributed by atoms with Crippen molar-refractivity contribution in [3.8, 4) is 0 Å². The topological polar surface area (TPSA) is 65.5 Å². The van der Waals surface area contributed by atoms with Crippen LogP contribution in [0.4, 0.5) is 0 Å². The number of hydrogen-bond donors (Lipinski definition) is 0. The monoisotopic (exact) mass is 489 g/mol. The lowest BCUT2D eigenvalue weighted by molar-refractivity contribution is 0.130. The van der Waals surface area contributed by atoms with Crippen molar-refractivity contribution < 1.29 is 17.0 Å². The van der Waals surface area contributed by atoms with E-state index in [1.165, 1.54) is 6.20 Å². The van der Waals surface area contributed by atoms with Gasteiger partial charge in [-0.25, -0.2) is 4.98 Å². The molecule has 0 saturated carbocycles. The molecule has 3 aromatic rings. The van der Waals surface area contributed by atoms with Crippen LogP contribution in [0, 0.1) is 0 Å². The van der Waals surface area contributed by atoms with Crippen molar-refractivity contribution in [3.05, 3.63) is 89.7 Å². The highest BCUT2D eigenvalue weighted by Crippen LogP contribution is 2.37. The molecule has 0 amide bonds. The maximum Gasteiger partial charge on any atom is 0.265 e. The average Bonchev–Trinajstić information content (AvgIpc) is 2.74. The molecule has 3 rings (SSSR count). The highest BCUT2D eigenvalue weighted by Gasteiger charge is 2.50. The fraction of sp³-hybridized carbons (Fsp3) is 0.292. The molecule has 0 aliphatic heterocycles. The molecule has 2 aromatic carbocycles. The Morgan fingerprint density at radius 3 is 1.88 bits per heavy atom. The summed E-state index contributed by atoms with van der Waals surface area (Å²) in [6, 6.07) is 23.6. The Hall–Kier alpha value is -2.03. The third-order valence-electron chi connectivity index (χ3n) is 5.28. The summed E-state index contributed by atoms with van der Waals surface area (Å²) in [4.78, 5) is 4.09. The van der Waals surface area contributed by atoms with E-state index in [-0.39, 0.29) is 11.6 Å². The van der Waals surface area contributed by atoms with Gasteiger partial charge in [0, 0.05) is 11.8 Å². The second-order valence-electron chi connectivity index (χ2n) is 8.68. The van der Waals surface area contributed by atoms with E-state index in [9.17, 15) is 8.42 Å². The SMILES string of the molecule is CC(C)(C)[Si](OCC(OS(C)(=O)=O)c1ccc(Cl)nc1)(c1ccccc1)c1ccccc1. The molecule has 8 heteroatoms. The van der Waals surface area contributed by atoms with E-state index >= 15 is 0 Å². The van der Waals surface area contributed by atoms with Gasteiger partial charge in [0.25, 0.3) is 18.4 Å². The minimum Gasteiger partial charge on any atom is -0.404 e. The lowest BCUT2D eigenvalue weighted by Crippen LogP contribution is -2.66. The summed E-state index contributed by atoms with van der Waals surface area (Å²) in [7, 11) is -6.59. The smallest absolute Gasteiger partial charge is 0.265 e. The first-order valence-electron chi connectivity index (χ1n) is 10.3. The molecule has 0 radical (unpaired) electrons. The van der Waals surface area contributed by atoms with E-state index in [1.807, 2.05) is 36.4 Å². The quantitative estimate of drug-likeness (QED) is 0.267. The summed E-state index contributed by atoms with van der Waals surface area (Å²) in [5, 5.41) is 2.28. The minimum atomic E-state index is -3.74. The lowest BCUT2D eigenvalue weighted by Gasteiger charge is -2.43. The van der Waals surface area contributed by atoms with Gasteiger partial charge in [-0.1, -0.05) is 99.1 Å². The Kier molecular flexibility index (Phi) is 7.57. The molecule has 1 atom stereocenters. The maximum absolute atomic E-state index is 12.0. The van der Waals surface area contributed by atoms with Crippen LogP contribution in [0.15, 0.2) is 79.0 Å². The predicted molar refractivity (Wildman–Crippen MR) is 131 cm³/mol. The third kappa shape index (κ3) is 5.66. The number of nitrogens with zero attached hydrogens (tertiary/aromatic N) is 1. The summed E-state index contributed by atoms with van der Waals surface area (Å²) in [6.45, 7) is 6.53. The number of benzene rings is 2. The fourth-order valence-electron chi connectivity index (χ4n) is 3.93. The van der Waals surface area contributed by atoms with Gasteiger partial charge in [0.15, 0.2) is 0 Å². The summed E-state index contributed by atoms with van der Waals surface area (Å²) in [6.07, 6.45) is 1.70. The molecule has 1 aromatic heterocycles. The van der Waals surface area contributed by atoms with Gasteiger partial charge < -0.3 is 4.43 Å². The summed E-state index contributed by atoms with van der Waals surface area (Å²) in [5.41, 5.74) is 0.581. The third-order valence-corrected chi connectivity index (χ3v) is 11.1. The van der Waals surface area contributed by atoms with Gasteiger partial charge in [-0.2, -0.15) is 8.42 Å². The molecule has 0 spiro atoms. The second-order valence-corrected chi connectivity index (χ2v) is 15.0. The van der Waals surface area contributed by atoms with Crippen molar-refractivity contribution in [1.29, 1.82) is 0 Å². The molecule has 32 heavy (non-hydrogen) atoms. The Morgan fingerprint density at radius 1 is 0.938 bits per heavy atom. The number of pyridine rings is 1. The van der Waals surface area contributed by atoms with Gasteiger partial charge in [-0.15, -0.1) is 0 Å². The highest BCUT2D eigenvalue weighted by atomic mass is 35.5. The molecule has 0 aliphatic rings. The summed E-state index contributed by atoms with van der Waals surface area (Å²) < 4.78 is 36.3. The van der Waals surface area contributed by atoms with Crippen LogP contribution in [0.5, 0.6) is 0 Å². The first-order chi connectivity index (χ1) is 15.0. The number of aromatic nitrogens is 1. The minimum absolute atomic E-state index is 0.0453. The fourth-order valence-corrected chi connectivity index (χ4v) is 9.19. The summed E-state index contributed by atoms with van der Waals surface area (Å²) >= 11 is 5.92. The van der Waals surface area contributed by atoms with Crippen LogP contribution in [-0.4, -0.2) is 34.6 Å². The van der Waals surface area contributed by atoms with Crippen LogP contribution >= 0.6 is 11.6 Å². The van der Waals surface area contributed by atoms with E-state index in [4.69, 9.17) is 20.2 Å². The Bertz CT molecular complexity index is 1080. The molecule has 1 unspecified atom stereocenters. The molecule has 0 aliphatic carbocycles. The van der Waals surface area contributed by atoms with E-state index in [1.54, 1.807) is 12.1 Å².